The Morgan fingerprint density at radius 1 is 1.23 bits per heavy atom. The number of carbonyl (C=O) groups is 3. The van der Waals surface area contributed by atoms with Gasteiger partial charge in [-0.25, -0.2) is 0 Å². The molecule has 8 nitrogen and oxygen atoms in total. The fraction of sp³-hybridized carbons (Fsp3) is 0.591. The van der Waals surface area contributed by atoms with Gasteiger partial charge in [0.15, 0.2) is 0 Å². The van der Waals surface area contributed by atoms with Gasteiger partial charge in [-0.05, 0) is 36.3 Å². The van der Waals surface area contributed by atoms with Gasteiger partial charge in [-0.3, -0.25) is 14.4 Å². The maximum Gasteiger partial charge on any atom is 0.308 e. The van der Waals surface area contributed by atoms with Gasteiger partial charge in [-0.2, -0.15) is 0 Å². The van der Waals surface area contributed by atoms with E-state index < -0.39 is 41.3 Å². The van der Waals surface area contributed by atoms with Crippen molar-refractivity contribution in [1.29, 1.82) is 0 Å². The van der Waals surface area contributed by atoms with Crippen LogP contribution >= 0.6 is 0 Å². The molecule has 0 spiro atoms. The summed E-state index contributed by atoms with van der Waals surface area (Å²) in [5.41, 5.74) is 7.10. The highest BCUT2D eigenvalue weighted by Crippen LogP contribution is 2.34. The molecule has 0 unspecified atom stereocenters. The second-order valence-corrected chi connectivity index (χ2v) is 9.12. The van der Waals surface area contributed by atoms with Gasteiger partial charge < -0.3 is 26.0 Å². The highest BCUT2D eigenvalue weighted by molar-refractivity contribution is 5.96. The summed E-state index contributed by atoms with van der Waals surface area (Å²) < 4.78 is 0. The average Bonchev–Trinajstić information content (AvgIpc) is 2.65. The smallest absolute Gasteiger partial charge is 0.308 e. The van der Waals surface area contributed by atoms with Crippen LogP contribution in [0.1, 0.15) is 45.6 Å². The summed E-state index contributed by atoms with van der Waals surface area (Å²) in [4.78, 5) is 37.2. The van der Waals surface area contributed by atoms with Crippen molar-refractivity contribution in [2.24, 2.45) is 23.0 Å². The fourth-order valence-electron chi connectivity index (χ4n) is 3.99. The molecular weight excluding hydrogens is 388 g/mol. The number of carboxylic acids is 2. The zero-order valence-corrected chi connectivity index (χ0v) is 17.7. The molecule has 0 aromatic heterocycles. The van der Waals surface area contributed by atoms with Gasteiger partial charge in [0.05, 0.1) is 17.9 Å². The van der Waals surface area contributed by atoms with Crippen molar-refractivity contribution in [3.63, 3.8) is 0 Å². The number of anilines is 1. The molecule has 0 saturated carbocycles. The molecule has 1 amide bonds. The number of fused-ring (bicyclic) bond motifs is 1. The summed E-state index contributed by atoms with van der Waals surface area (Å²) in [5.74, 6) is -3.49. The average molecular weight is 421 g/mol. The van der Waals surface area contributed by atoms with Crippen LogP contribution in [0.2, 0.25) is 0 Å². The van der Waals surface area contributed by atoms with E-state index >= 15 is 0 Å². The lowest BCUT2D eigenvalue weighted by Gasteiger charge is -2.36. The maximum atomic E-state index is 13.1. The van der Waals surface area contributed by atoms with Gasteiger partial charge in [0.25, 0.3) is 0 Å². The predicted molar refractivity (Wildman–Crippen MR) is 112 cm³/mol. The van der Waals surface area contributed by atoms with Crippen molar-refractivity contribution >= 4 is 23.5 Å². The number of aliphatic hydroxyl groups is 1. The predicted octanol–water partition coefficient (Wildman–Crippen LogP) is 1.88. The molecule has 0 saturated heterocycles. The van der Waals surface area contributed by atoms with E-state index in [1.807, 2.05) is 38.1 Å². The first-order chi connectivity index (χ1) is 13.9. The second-order valence-electron chi connectivity index (χ2n) is 9.12. The molecule has 4 atom stereocenters. The van der Waals surface area contributed by atoms with Crippen molar-refractivity contribution in [2.75, 3.05) is 11.4 Å². The van der Waals surface area contributed by atoms with Crippen molar-refractivity contribution in [3.05, 3.63) is 29.8 Å². The molecule has 2 rings (SSSR count). The third-order valence-electron chi connectivity index (χ3n) is 5.73. The lowest BCUT2D eigenvalue weighted by Crippen LogP contribution is -2.45. The van der Waals surface area contributed by atoms with E-state index in [1.54, 1.807) is 0 Å². The summed E-state index contributed by atoms with van der Waals surface area (Å²) in [5, 5.41) is 28.7. The first-order valence-electron chi connectivity index (χ1n) is 10.2. The van der Waals surface area contributed by atoms with Gasteiger partial charge in [-0.1, -0.05) is 39.0 Å². The van der Waals surface area contributed by atoms with E-state index in [4.69, 9.17) is 10.8 Å². The summed E-state index contributed by atoms with van der Waals surface area (Å²) >= 11 is 0. The number of benzene rings is 1. The van der Waals surface area contributed by atoms with Gasteiger partial charge in [0, 0.05) is 24.7 Å². The molecule has 1 aromatic rings. The van der Waals surface area contributed by atoms with E-state index in [9.17, 15) is 24.6 Å². The molecule has 0 aliphatic carbocycles. The Balaban J connectivity index is 2.08. The summed E-state index contributed by atoms with van der Waals surface area (Å²) in [6.07, 6.45) is -0.109. The van der Waals surface area contributed by atoms with Crippen LogP contribution in [0, 0.1) is 17.3 Å². The Morgan fingerprint density at radius 3 is 2.47 bits per heavy atom. The van der Waals surface area contributed by atoms with E-state index in [1.165, 1.54) is 11.8 Å². The zero-order valence-electron chi connectivity index (χ0n) is 17.7. The number of hydrogen-bond donors (Lipinski definition) is 4. The van der Waals surface area contributed by atoms with Gasteiger partial charge in [-0.15, -0.1) is 0 Å². The van der Waals surface area contributed by atoms with E-state index in [0.717, 1.165) is 11.3 Å². The van der Waals surface area contributed by atoms with E-state index in [-0.39, 0.29) is 25.3 Å². The number of aliphatic hydroxyl groups excluding tert-OH is 1. The Kier molecular flexibility index (Phi) is 7.60. The first kappa shape index (κ1) is 23.8. The van der Waals surface area contributed by atoms with Crippen LogP contribution in [0.5, 0.6) is 0 Å². The number of carboxylic acid groups (broad SMARTS) is 2. The molecule has 1 aliphatic rings. The highest BCUT2D eigenvalue weighted by atomic mass is 16.4. The molecule has 30 heavy (non-hydrogen) atoms. The van der Waals surface area contributed by atoms with Crippen LogP contribution in [0.3, 0.4) is 0 Å². The molecule has 8 heteroatoms. The molecule has 0 radical (unpaired) electrons. The van der Waals surface area contributed by atoms with Crippen molar-refractivity contribution in [3.8, 4) is 0 Å². The lowest BCUT2D eigenvalue weighted by atomic mass is 9.79. The standard InChI is InChI=1S/C22H32N2O6/c1-13(20(27)28)8-18(25)16(23)10-22(2,3)11-19(26)24-12-15(21(29)30)9-14-6-4-5-7-17(14)24/h4-7,13,15-16,18,25H,8-12,23H2,1-3H3,(H,27,28)(H,29,30)/t13-,15-,16+,18+/m1/s1. The molecular formula is C22H32N2O6. The zero-order chi connectivity index (χ0) is 22.6. The number of amides is 1. The van der Waals surface area contributed by atoms with Crippen molar-refractivity contribution in [1.82, 2.24) is 0 Å². The van der Waals surface area contributed by atoms with Crippen LogP contribution in [-0.2, 0) is 20.8 Å². The Morgan fingerprint density at radius 2 is 1.87 bits per heavy atom. The topological polar surface area (TPSA) is 141 Å². The Labute approximate surface area is 176 Å². The van der Waals surface area contributed by atoms with Crippen LogP contribution in [0.25, 0.3) is 0 Å². The molecule has 0 fully saturated rings. The number of rotatable bonds is 9. The minimum absolute atomic E-state index is 0.0420. The van der Waals surface area contributed by atoms with Crippen LogP contribution in [0.15, 0.2) is 24.3 Å². The monoisotopic (exact) mass is 420 g/mol. The SMILES string of the molecule is C[C@H](C[C@H](O)[C@@H](N)CC(C)(C)CC(=O)N1C[C@H](C(=O)O)Cc2ccccc21)C(=O)O. The third-order valence-corrected chi connectivity index (χ3v) is 5.73. The summed E-state index contributed by atoms with van der Waals surface area (Å²) in [6.45, 7) is 5.36. The highest BCUT2D eigenvalue weighted by Gasteiger charge is 2.35. The number of hydrogen-bond acceptors (Lipinski definition) is 5. The van der Waals surface area contributed by atoms with Gasteiger partial charge in [0.2, 0.25) is 5.91 Å². The number of para-hydroxylation sites is 1. The van der Waals surface area contributed by atoms with Crippen LogP contribution < -0.4 is 10.6 Å². The third kappa shape index (κ3) is 6.03. The molecule has 1 aliphatic heterocycles. The number of nitrogens with zero attached hydrogens (tertiary/aromatic N) is 1. The number of nitrogens with two attached hydrogens (primary N) is 1. The number of carbonyl (C=O) groups excluding carboxylic acids is 1. The van der Waals surface area contributed by atoms with Crippen LogP contribution in [0.4, 0.5) is 5.69 Å². The Bertz CT molecular complexity index is 794. The Hall–Kier alpha value is -2.45. The minimum Gasteiger partial charge on any atom is -0.481 e. The molecule has 5 N–H and O–H groups in total. The lowest BCUT2D eigenvalue weighted by molar-refractivity contribution is -0.143. The quantitative estimate of drug-likeness (QED) is 0.478. The van der Waals surface area contributed by atoms with Crippen LogP contribution in [-0.4, -0.2) is 51.9 Å². The second kappa shape index (κ2) is 9.57. The summed E-state index contributed by atoms with van der Waals surface area (Å²) in [7, 11) is 0. The van der Waals surface area contributed by atoms with Crippen molar-refractivity contribution in [2.45, 2.75) is 58.6 Å². The molecule has 1 aromatic carbocycles. The van der Waals surface area contributed by atoms with Gasteiger partial charge in [0.1, 0.15) is 0 Å². The van der Waals surface area contributed by atoms with Gasteiger partial charge >= 0.3 is 11.9 Å². The molecule has 0 bridgehead atoms. The largest absolute Gasteiger partial charge is 0.481 e. The molecule has 1 heterocycles. The van der Waals surface area contributed by atoms with E-state index in [0.29, 0.717) is 12.8 Å². The first-order valence-corrected chi connectivity index (χ1v) is 10.2. The maximum absolute atomic E-state index is 13.1. The van der Waals surface area contributed by atoms with Crippen molar-refractivity contribution < 1.29 is 29.7 Å². The fourth-order valence-corrected chi connectivity index (χ4v) is 3.99. The number of aliphatic carboxylic acids is 2. The summed E-state index contributed by atoms with van der Waals surface area (Å²) in [6, 6.07) is 6.64. The minimum atomic E-state index is -0.993. The van der Waals surface area contributed by atoms with E-state index in [2.05, 4.69) is 0 Å². The molecule has 166 valence electrons. The normalized spacial score (nSPS) is 19.5.